The number of carbonyl (C=O) groups excluding carboxylic acids is 1. The van der Waals surface area contributed by atoms with Crippen molar-refractivity contribution in [2.75, 3.05) is 12.4 Å². The Morgan fingerprint density at radius 2 is 1.90 bits per heavy atom. The number of carbonyl (C=O) groups is 1. The lowest BCUT2D eigenvalue weighted by Gasteiger charge is -2.04. The van der Waals surface area contributed by atoms with Gasteiger partial charge in [-0.25, -0.2) is 4.98 Å². The van der Waals surface area contributed by atoms with Crippen molar-refractivity contribution in [2.45, 2.75) is 19.8 Å². The smallest absolute Gasteiger partial charge is 0.269 e. The van der Waals surface area contributed by atoms with E-state index in [1.54, 1.807) is 7.11 Å². The van der Waals surface area contributed by atoms with Crippen molar-refractivity contribution in [1.29, 1.82) is 0 Å². The molecule has 1 N–H and O–H groups in total. The van der Waals surface area contributed by atoms with Crippen LogP contribution in [0.15, 0.2) is 48.8 Å². The second kappa shape index (κ2) is 8.54. The number of nitrogens with zero attached hydrogens (tertiary/aromatic N) is 4. The van der Waals surface area contributed by atoms with Crippen molar-refractivity contribution >= 4 is 33.7 Å². The van der Waals surface area contributed by atoms with Gasteiger partial charge in [-0.1, -0.05) is 29.6 Å². The van der Waals surface area contributed by atoms with E-state index in [0.717, 1.165) is 34.3 Å². The molecule has 0 fully saturated rings. The quantitative estimate of drug-likeness (QED) is 0.465. The number of rotatable bonds is 7. The van der Waals surface area contributed by atoms with Gasteiger partial charge in [-0.05, 0) is 42.8 Å². The summed E-state index contributed by atoms with van der Waals surface area (Å²) in [4.78, 5) is 18.3. The number of ether oxygens (including phenoxy) is 1. The zero-order chi connectivity index (χ0) is 20.2. The van der Waals surface area contributed by atoms with Crippen LogP contribution in [0.5, 0.6) is 5.75 Å². The van der Waals surface area contributed by atoms with E-state index in [1.807, 2.05) is 53.4 Å². The lowest BCUT2D eigenvalue weighted by atomic mass is 10.1. The Bertz CT molecular complexity index is 1100. The molecule has 0 bridgehead atoms. The first-order chi connectivity index (χ1) is 14.2. The monoisotopic (exact) mass is 425 g/mol. The van der Waals surface area contributed by atoms with Gasteiger partial charge in [0, 0.05) is 24.4 Å². The van der Waals surface area contributed by atoms with Crippen LogP contribution in [-0.2, 0) is 6.42 Å². The van der Waals surface area contributed by atoms with Gasteiger partial charge in [-0.2, -0.15) is 0 Å². The molecule has 9 heteroatoms. The van der Waals surface area contributed by atoms with E-state index < -0.39 is 0 Å². The van der Waals surface area contributed by atoms with Crippen molar-refractivity contribution < 1.29 is 9.53 Å². The molecule has 0 radical (unpaired) electrons. The van der Waals surface area contributed by atoms with E-state index in [4.69, 9.17) is 9.72 Å². The fourth-order valence-corrected chi connectivity index (χ4v) is 4.54. The maximum Gasteiger partial charge on any atom is 0.269 e. The molecular weight excluding hydrogens is 406 g/mol. The van der Waals surface area contributed by atoms with Crippen LogP contribution in [0.25, 0.3) is 16.4 Å². The maximum atomic E-state index is 13.0. The molecule has 7 nitrogen and oxygen atoms in total. The van der Waals surface area contributed by atoms with Crippen LogP contribution in [0, 0.1) is 0 Å². The molecule has 0 atom stereocenters. The van der Waals surface area contributed by atoms with Gasteiger partial charge in [0.15, 0.2) is 5.13 Å². The molecule has 148 valence electrons. The molecule has 3 aromatic heterocycles. The highest BCUT2D eigenvalue weighted by molar-refractivity contribution is 7.17. The van der Waals surface area contributed by atoms with E-state index >= 15 is 0 Å². The van der Waals surface area contributed by atoms with E-state index in [0.29, 0.717) is 15.7 Å². The number of benzene rings is 1. The highest BCUT2D eigenvalue weighted by Crippen LogP contribution is 2.32. The molecule has 0 saturated carbocycles. The fourth-order valence-electron chi connectivity index (χ4n) is 2.75. The van der Waals surface area contributed by atoms with Crippen LogP contribution in [0.3, 0.4) is 0 Å². The van der Waals surface area contributed by atoms with Gasteiger partial charge in [0.2, 0.25) is 5.13 Å². The molecule has 1 amide bonds. The lowest BCUT2D eigenvalue weighted by molar-refractivity contribution is 0.103. The molecule has 0 aliphatic heterocycles. The molecule has 4 aromatic rings. The molecule has 1 aromatic carbocycles. The minimum absolute atomic E-state index is 0.245. The minimum Gasteiger partial charge on any atom is -0.497 e. The van der Waals surface area contributed by atoms with Crippen molar-refractivity contribution in [3.05, 3.63) is 58.7 Å². The molecule has 0 aliphatic rings. The number of nitrogens with one attached hydrogen (secondary N) is 1. The topological polar surface area (TPSA) is 81.9 Å². The van der Waals surface area contributed by atoms with Crippen LogP contribution in [0.4, 0.5) is 5.13 Å². The highest BCUT2D eigenvalue weighted by Gasteiger charge is 2.21. The summed E-state index contributed by atoms with van der Waals surface area (Å²) < 4.78 is 7.12. The molecule has 0 spiro atoms. The van der Waals surface area contributed by atoms with Gasteiger partial charge in [-0.3, -0.25) is 10.1 Å². The summed E-state index contributed by atoms with van der Waals surface area (Å²) in [6.45, 7) is 2.08. The Labute approximate surface area is 176 Å². The first kappa shape index (κ1) is 19.3. The van der Waals surface area contributed by atoms with Gasteiger partial charge >= 0.3 is 0 Å². The Kier molecular flexibility index (Phi) is 5.68. The number of methoxy groups -OCH3 is 1. The molecule has 0 unspecified atom stereocenters. The Balaban J connectivity index is 1.68. The second-order valence-electron chi connectivity index (χ2n) is 6.20. The standard InChI is InChI=1S/C20H19N5O2S2/c1-3-6-15-23-24-19(28-15)22-18(26)17-16(13-7-9-14(27-2)10-8-13)21-20(29-17)25-11-4-5-12-25/h4-5,7-12H,3,6H2,1-2H3,(H,22,24,26). The summed E-state index contributed by atoms with van der Waals surface area (Å²) >= 11 is 2.73. The van der Waals surface area contributed by atoms with Crippen molar-refractivity contribution in [3.8, 4) is 22.1 Å². The average molecular weight is 426 g/mol. The highest BCUT2D eigenvalue weighted by atomic mass is 32.1. The van der Waals surface area contributed by atoms with Crippen LogP contribution in [0.1, 0.15) is 28.0 Å². The summed E-state index contributed by atoms with van der Waals surface area (Å²) in [6.07, 6.45) is 5.64. The summed E-state index contributed by atoms with van der Waals surface area (Å²) in [5.74, 6) is 0.504. The third kappa shape index (κ3) is 4.20. The van der Waals surface area contributed by atoms with Gasteiger partial charge in [0.25, 0.3) is 5.91 Å². The third-order valence-electron chi connectivity index (χ3n) is 4.16. The van der Waals surface area contributed by atoms with Crippen LogP contribution >= 0.6 is 22.7 Å². The maximum absolute atomic E-state index is 13.0. The molecule has 0 aliphatic carbocycles. The number of thiazole rings is 1. The van der Waals surface area contributed by atoms with Crippen LogP contribution in [0.2, 0.25) is 0 Å². The van der Waals surface area contributed by atoms with E-state index in [2.05, 4.69) is 22.4 Å². The van der Waals surface area contributed by atoms with Gasteiger partial charge in [-0.15, -0.1) is 10.2 Å². The summed E-state index contributed by atoms with van der Waals surface area (Å²) in [5.41, 5.74) is 1.46. The molecule has 0 saturated heterocycles. The molecule has 3 heterocycles. The molecular formula is C20H19N5O2S2. The van der Waals surface area contributed by atoms with Gasteiger partial charge in [0.1, 0.15) is 15.6 Å². The largest absolute Gasteiger partial charge is 0.497 e. The van der Waals surface area contributed by atoms with Crippen LogP contribution < -0.4 is 10.1 Å². The first-order valence-electron chi connectivity index (χ1n) is 9.10. The normalized spacial score (nSPS) is 10.8. The SMILES string of the molecule is CCCc1nnc(NC(=O)c2sc(-n3cccc3)nc2-c2ccc(OC)cc2)s1. The number of aryl methyl sites for hydroxylation is 1. The summed E-state index contributed by atoms with van der Waals surface area (Å²) in [7, 11) is 1.62. The zero-order valence-corrected chi connectivity index (χ0v) is 17.6. The van der Waals surface area contributed by atoms with E-state index in [-0.39, 0.29) is 5.91 Å². The van der Waals surface area contributed by atoms with Crippen molar-refractivity contribution in [1.82, 2.24) is 19.7 Å². The minimum atomic E-state index is -0.245. The number of hydrogen-bond acceptors (Lipinski definition) is 7. The Morgan fingerprint density at radius 3 is 2.59 bits per heavy atom. The van der Waals surface area contributed by atoms with Gasteiger partial charge in [0.05, 0.1) is 12.8 Å². The number of aromatic nitrogens is 4. The molecule has 29 heavy (non-hydrogen) atoms. The lowest BCUT2D eigenvalue weighted by Crippen LogP contribution is -2.11. The molecule has 4 rings (SSSR count). The second-order valence-corrected chi connectivity index (χ2v) is 8.24. The van der Waals surface area contributed by atoms with Gasteiger partial charge < -0.3 is 9.30 Å². The predicted octanol–water partition coefficient (Wildman–Crippen LogP) is 4.67. The predicted molar refractivity (Wildman–Crippen MR) is 115 cm³/mol. The number of amides is 1. The Morgan fingerprint density at radius 1 is 1.14 bits per heavy atom. The Hall–Kier alpha value is -3.04. The number of anilines is 1. The zero-order valence-electron chi connectivity index (χ0n) is 16.0. The third-order valence-corrected chi connectivity index (χ3v) is 6.13. The van der Waals surface area contributed by atoms with E-state index in [9.17, 15) is 4.79 Å². The fraction of sp³-hybridized carbons (Fsp3) is 0.200. The average Bonchev–Trinajstić information content (AvgIpc) is 3.49. The summed E-state index contributed by atoms with van der Waals surface area (Å²) in [5, 5.41) is 13.2. The van der Waals surface area contributed by atoms with Crippen molar-refractivity contribution in [2.24, 2.45) is 0 Å². The summed E-state index contributed by atoms with van der Waals surface area (Å²) in [6, 6.07) is 11.3. The first-order valence-corrected chi connectivity index (χ1v) is 10.7. The van der Waals surface area contributed by atoms with E-state index in [1.165, 1.54) is 22.7 Å². The van der Waals surface area contributed by atoms with Crippen LogP contribution in [-0.4, -0.2) is 32.8 Å². The van der Waals surface area contributed by atoms with Crippen molar-refractivity contribution in [3.63, 3.8) is 0 Å². The number of hydrogen-bond donors (Lipinski definition) is 1.